The fraction of sp³-hybridized carbons (Fsp3) is 0.333. The average molecular weight is 477 g/mol. The van der Waals surface area contributed by atoms with Gasteiger partial charge in [0.05, 0.1) is 5.69 Å². The summed E-state index contributed by atoms with van der Waals surface area (Å²) in [4.78, 5) is 11.3. The minimum absolute atomic E-state index is 0. The van der Waals surface area contributed by atoms with Crippen molar-refractivity contribution in [2.45, 2.75) is 32.1 Å². The summed E-state index contributed by atoms with van der Waals surface area (Å²) in [5, 5.41) is 20.2. The molecule has 0 spiro atoms. The fourth-order valence-corrected chi connectivity index (χ4v) is 4.14. The number of para-hydroxylation sites is 1. The molecule has 3 aromatic rings. The first kappa shape index (κ1) is 25.7. The third kappa shape index (κ3) is 6.03. The summed E-state index contributed by atoms with van der Waals surface area (Å²) in [5.41, 5.74) is 10.3. The molecule has 1 aliphatic heterocycles. The number of nitrogens with two attached hydrogens (primary N) is 1. The fourth-order valence-electron chi connectivity index (χ4n) is 4.14. The maximum atomic E-state index is 10.3. The zero-order chi connectivity index (χ0) is 21.1. The van der Waals surface area contributed by atoms with E-state index in [1.165, 1.54) is 0 Å². The van der Waals surface area contributed by atoms with Crippen LogP contribution >= 0.6 is 24.8 Å². The van der Waals surface area contributed by atoms with Crippen molar-refractivity contribution in [1.82, 2.24) is 14.9 Å². The number of likely N-dealkylation sites (tertiary alicyclic amines) is 1. The number of benzene rings is 2. The molecule has 32 heavy (non-hydrogen) atoms. The second-order valence-electron chi connectivity index (χ2n) is 8.05. The quantitative estimate of drug-likeness (QED) is 0.493. The van der Waals surface area contributed by atoms with Crippen LogP contribution in [-0.2, 0) is 6.42 Å². The van der Waals surface area contributed by atoms with Gasteiger partial charge in [-0.05, 0) is 69.1 Å². The first-order valence-corrected chi connectivity index (χ1v) is 10.4. The van der Waals surface area contributed by atoms with Gasteiger partial charge in [0.25, 0.3) is 0 Å². The van der Waals surface area contributed by atoms with Gasteiger partial charge in [0.2, 0.25) is 5.95 Å². The Morgan fingerprint density at radius 1 is 0.969 bits per heavy atom. The maximum absolute atomic E-state index is 10.3. The van der Waals surface area contributed by atoms with E-state index in [2.05, 4.69) is 14.9 Å². The molecule has 6 nitrogen and oxygen atoms in total. The molecule has 0 radical (unpaired) electrons. The van der Waals surface area contributed by atoms with Crippen LogP contribution in [0.3, 0.4) is 0 Å². The lowest BCUT2D eigenvalue weighted by molar-refractivity contribution is 0.212. The van der Waals surface area contributed by atoms with Crippen LogP contribution in [0.5, 0.6) is 11.5 Å². The molecular weight excluding hydrogens is 447 g/mol. The Kier molecular flexibility index (Phi) is 9.13. The molecule has 172 valence electrons. The minimum atomic E-state index is 0. The number of nitrogen functional groups attached to an aromatic ring is 1. The predicted octanol–water partition coefficient (Wildman–Crippen LogP) is 4.71. The van der Waals surface area contributed by atoms with Gasteiger partial charge in [-0.1, -0.05) is 29.8 Å². The van der Waals surface area contributed by atoms with Gasteiger partial charge in [0, 0.05) is 23.7 Å². The van der Waals surface area contributed by atoms with Crippen LogP contribution in [0.15, 0.2) is 48.5 Å². The summed E-state index contributed by atoms with van der Waals surface area (Å²) in [5.74, 6) is 1.13. The third-order valence-corrected chi connectivity index (χ3v) is 5.89. The summed E-state index contributed by atoms with van der Waals surface area (Å²) in [7, 11) is 0. The largest absolute Gasteiger partial charge is 0.508 e. The number of hydrogen-bond donors (Lipinski definition) is 3. The zero-order valence-corrected chi connectivity index (χ0v) is 19.7. The lowest BCUT2D eigenvalue weighted by atomic mass is 9.92. The number of aromatic nitrogens is 2. The normalized spacial score (nSPS) is 14.4. The molecule has 0 saturated carbocycles. The standard InChI is InChI=1S/C24H28N4O2.2ClH/c1-16-6-7-23(30)19(14-16)21-15-20(26-24(25)27-21)17-8-11-28(12-9-17)13-10-18-4-2-3-5-22(18)29;;/h2-7,14-15,17,29-30H,8-13H2,1H3,(H2,25,26,27);2*1H. The number of piperidine rings is 1. The summed E-state index contributed by atoms with van der Waals surface area (Å²) < 4.78 is 0. The molecule has 0 unspecified atom stereocenters. The highest BCUT2D eigenvalue weighted by Gasteiger charge is 2.23. The average Bonchev–Trinajstić information content (AvgIpc) is 2.75. The van der Waals surface area contributed by atoms with Crippen molar-refractivity contribution in [2.75, 3.05) is 25.4 Å². The van der Waals surface area contributed by atoms with Crippen molar-refractivity contribution in [3.63, 3.8) is 0 Å². The molecular formula is C24H30Cl2N4O2. The molecule has 1 aromatic heterocycles. The first-order valence-electron chi connectivity index (χ1n) is 10.4. The third-order valence-electron chi connectivity index (χ3n) is 5.89. The number of phenolic OH excluding ortho intramolecular Hbond substituents is 2. The van der Waals surface area contributed by atoms with Crippen molar-refractivity contribution >= 4 is 30.8 Å². The maximum Gasteiger partial charge on any atom is 0.220 e. The Balaban J connectivity index is 0.00000181. The van der Waals surface area contributed by atoms with Crippen LogP contribution in [0.1, 0.15) is 35.6 Å². The van der Waals surface area contributed by atoms with Crippen LogP contribution < -0.4 is 5.73 Å². The molecule has 0 atom stereocenters. The highest BCUT2D eigenvalue weighted by atomic mass is 35.5. The van der Waals surface area contributed by atoms with Gasteiger partial charge >= 0.3 is 0 Å². The van der Waals surface area contributed by atoms with Crippen LogP contribution in [0.4, 0.5) is 5.95 Å². The summed E-state index contributed by atoms with van der Waals surface area (Å²) in [6, 6.07) is 15.0. The topological polar surface area (TPSA) is 95.5 Å². The van der Waals surface area contributed by atoms with Crippen LogP contribution in [0, 0.1) is 6.92 Å². The molecule has 2 aromatic carbocycles. The van der Waals surface area contributed by atoms with Crippen molar-refractivity contribution in [2.24, 2.45) is 0 Å². The monoisotopic (exact) mass is 476 g/mol. The molecule has 1 fully saturated rings. The van der Waals surface area contributed by atoms with Crippen molar-refractivity contribution < 1.29 is 10.2 Å². The number of phenols is 2. The van der Waals surface area contributed by atoms with Gasteiger partial charge < -0.3 is 20.8 Å². The number of hydrogen-bond acceptors (Lipinski definition) is 6. The molecule has 1 saturated heterocycles. The number of rotatable bonds is 5. The van der Waals surface area contributed by atoms with Crippen LogP contribution in [0.2, 0.25) is 0 Å². The van der Waals surface area contributed by atoms with Crippen LogP contribution in [-0.4, -0.2) is 44.7 Å². The first-order chi connectivity index (χ1) is 14.5. The van der Waals surface area contributed by atoms with Gasteiger partial charge in [-0.15, -0.1) is 24.8 Å². The van der Waals surface area contributed by atoms with Gasteiger partial charge in [-0.25, -0.2) is 9.97 Å². The highest BCUT2D eigenvalue weighted by molar-refractivity contribution is 5.85. The van der Waals surface area contributed by atoms with Crippen molar-refractivity contribution in [1.29, 1.82) is 0 Å². The summed E-state index contributed by atoms with van der Waals surface area (Å²) >= 11 is 0. The molecule has 4 N–H and O–H groups in total. The summed E-state index contributed by atoms with van der Waals surface area (Å²) in [6.45, 7) is 4.87. The van der Waals surface area contributed by atoms with E-state index < -0.39 is 0 Å². The van der Waals surface area contributed by atoms with E-state index in [0.29, 0.717) is 22.9 Å². The van der Waals surface area contributed by atoms with Crippen LogP contribution in [0.25, 0.3) is 11.3 Å². The molecule has 4 rings (SSSR count). The zero-order valence-electron chi connectivity index (χ0n) is 18.1. The van der Waals surface area contributed by atoms with Gasteiger partial charge in [-0.3, -0.25) is 0 Å². The predicted molar refractivity (Wildman–Crippen MR) is 133 cm³/mol. The van der Waals surface area contributed by atoms with E-state index in [-0.39, 0.29) is 36.5 Å². The number of anilines is 1. The number of nitrogens with zero attached hydrogens (tertiary/aromatic N) is 3. The van der Waals surface area contributed by atoms with Gasteiger partial charge in [0.15, 0.2) is 0 Å². The minimum Gasteiger partial charge on any atom is -0.508 e. The Labute approximate surface area is 201 Å². The Bertz CT molecular complexity index is 1040. The molecule has 0 amide bonds. The van der Waals surface area contributed by atoms with Crippen molar-refractivity contribution in [3.05, 3.63) is 65.4 Å². The highest BCUT2D eigenvalue weighted by Crippen LogP contribution is 2.33. The SMILES string of the molecule is Cc1ccc(O)c(-c2cc(C3CCN(CCc4ccccc4O)CC3)nc(N)n2)c1.Cl.Cl. The lowest BCUT2D eigenvalue weighted by Crippen LogP contribution is -2.34. The number of aromatic hydroxyl groups is 2. The Morgan fingerprint density at radius 3 is 2.41 bits per heavy atom. The Hall–Kier alpha value is -2.54. The number of halogens is 2. The van der Waals surface area contributed by atoms with E-state index in [9.17, 15) is 10.2 Å². The molecule has 8 heteroatoms. The van der Waals surface area contributed by atoms with Gasteiger partial charge in [-0.2, -0.15) is 0 Å². The molecule has 2 heterocycles. The van der Waals surface area contributed by atoms with E-state index in [4.69, 9.17) is 5.73 Å². The van der Waals surface area contributed by atoms with E-state index >= 15 is 0 Å². The lowest BCUT2D eigenvalue weighted by Gasteiger charge is -2.31. The number of aryl methyl sites for hydroxylation is 1. The van der Waals surface area contributed by atoms with Crippen molar-refractivity contribution in [3.8, 4) is 22.8 Å². The smallest absolute Gasteiger partial charge is 0.220 e. The summed E-state index contributed by atoms with van der Waals surface area (Å²) in [6.07, 6.45) is 2.83. The molecule has 0 aliphatic carbocycles. The Morgan fingerprint density at radius 2 is 1.69 bits per heavy atom. The van der Waals surface area contributed by atoms with E-state index in [0.717, 1.165) is 55.7 Å². The van der Waals surface area contributed by atoms with E-state index in [1.54, 1.807) is 12.1 Å². The second kappa shape index (κ2) is 11.4. The molecule has 0 bridgehead atoms. The molecule has 1 aliphatic rings. The second-order valence-corrected chi connectivity index (χ2v) is 8.05. The van der Waals surface area contributed by atoms with E-state index in [1.807, 2.05) is 43.3 Å². The van der Waals surface area contributed by atoms with Gasteiger partial charge in [0.1, 0.15) is 11.5 Å².